The summed E-state index contributed by atoms with van der Waals surface area (Å²) in [5.74, 6) is 0. The first kappa shape index (κ1) is 11.0. The maximum atomic E-state index is 9.07. The molecule has 0 aliphatic heterocycles. The summed E-state index contributed by atoms with van der Waals surface area (Å²) in [7, 11) is 0. The average Bonchev–Trinajstić information content (AvgIpc) is 2.47. The van der Waals surface area contributed by atoms with Crippen LogP contribution in [0.4, 0.5) is 0 Å². The summed E-state index contributed by atoms with van der Waals surface area (Å²) >= 11 is 0. The summed E-state index contributed by atoms with van der Waals surface area (Å²) < 4.78 is 0. The molecule has 0 aliphatic rings. The van der Waals surface area contributed by atoms with Crippen molar-refractivity contribution in [2.24, 2.45) is 0 Å². The summed E-state index contributed by atoms with van der Waals surface area (Å²) in [6.45, 7) is 0.0931. The molecular weight excluding hydrogens is 220 g/mol. The number of hydrogen-bond donors (Lipinski definition) is 1. The van der Waals surface area contributed by atoms with E-state index in [4.69, 9.17) is 5.11 Å². The van der Waals surface area contributed by atoms with Crippen LogP contribution in [-0.2, 0) is 6.61 Å². The molecule has 0 saturated heterocycles. The van der Waals surface area contributed by atoms with Crippen LogP contribution in [0.1, 0.15) is 5.56 Å². The Morgan fingerprint density at radius 1 is 0.722 bits per heavy atom. The van der Waals surface area contributed by atoms with Gasteiger partial charge in [0.15, 0.2) is 0 Å². The summed E-state index contributed by atoms with van der Waals surface area (Å²) in [6, 6.07) is 22.8. The van der Waals surface area contributed by atoms with Crippen LogP contribution in [0.3, 0.4) is 0 Å². The number of rotatable bonds is 2. The van der Waals surface area contributed by atoms with Gasteiger partial charge in [-0.3, -0.25) is 0 Å². The number of hydrogen-bond acceptors (Lipinski definition) is 1. The van der Waals surface area contributed by atoms with Gasteiger partial charge in [-0.15, -0.1) is 0 Å². The fourth-order valence-electron chi connectivity index (χ4n) is 2.27. The van der Waals surface area contributed by atoms with E-state index in [1.54, 1.807) is 0 Å². The van der Waals surface area contributed by atoms with Gasteiger partial charge in [-0.05, 0) is 27.5 Å². The Labute approximate surface area is 106 Å². The average molecular weight is 234 g/mol. The Morgan fingerprint density at radius 2 is 1.44 bits per heavy atom. The van der Waals surface area contributed by atoms with Gasteiger partial charge in [0.25, 0.3) is 0 Å². The number of aliphatic hydroxyl groups excluding tert-OH is 1. The normalized spacial score (nSPS) is 10.7. The highest BCUT2D eigenvalue weighted by Crippen LogP contribution is 2.28. The molecule has 0 aromatic heterocycles. The molecular formula is C17H14O. The van der Waals surface area contributed by atoms with E-state index in [0.29, 0.717) is 0 Å². The van der Waals surface area contributed by atoms with E-state index in [0.717, 1.165) is 5.56 Å². The maximum absolute atomic E-state index is 9.07. The Bertz CT molecular complexity index is 663. The van der Waals surface area contributed by atoms with Gasteiger partial charge in [0.1, 0.15) is 0 Å². The standard InChI is InChI=1S/C17H14O/c18-12-13-8-10-15(11-9-13)17-7-3-5-14-4-1-2-6-16(14)17/h1-11,18H,12H2. The molecule has 0 amide bonds. The number of aliphatic hydroxyl groups is 1. The number of benzene rings is 3. The minimum atomic E-state index is 0.0931. The number of fused-ring (bicyclic) bond motifs is 1. The van der Waals surface area contributed by atoms with E-state index >= 15 is 0 Å². The fourth-order valence-corrected chi connectivity index (χ4v) is 2.27. The van der Waals surface area contributed by atoms with Crippen molar-refractivity contribution in [1.82, 2.24) is 0 Å². The molecule has 0 saturated carbocycles. The summed E-state index contributed by atoms with van der Waals surface area (Å²) in [5.41, 5.74) is 3.36. The van der Waals surface area contributed by atoms with Crippen molar-refractivity contribution >= 4 is 10.8 Å². The lowest BCUT2D eigenvalue weighted by atomic mass is 9.98. The third kappa shape index (κ3) is 1.89. The highest BCUT2D eigenvalue weighted by molar-refractivity contribution is 5.96. The van der Waals surface area contributed by atoms with Crippen molar-refractivity contribution in [1.29, 1.82) is 0 Å². The Balaban J connectivity index is 2.18. The lowest BCUT2D eigenvalue weighted by molar-refractivity contribution is 0.282. The third-order valence-electron chi connectivity index (χ3n) is 3.24. The molecule has 0 aliphatic carbocycles. The van der Waals surface area contributed by atoms with Crippen LogP contribution in [-0.4, -0.2) is 5.11 Å². The van der Waals surface area contributed by atoms with Crippen LogP contribution in [0, 0.1) is 0 Å². The maximum Gasteiger partial charge on any atom is 0.0681 e. The van der Waals surface area contributed by atoms with Crippen molar-refractivity contribution in [3.8, 4) is 11.1 Å². The predicted molar refractivity (Wildman–Crippen MR) is 75.3 cm³/mol. The van der Waals surface area contributed by atoms with Crippen LogP contribution < -0.4 is 0 Å². The van der Waals surface area contributed by atoms with Gasteiger partial charge in [0, 0.05) is 0 Å². The van der Waals surface area contributed by atoms with E-state index in [1.165, 1.54) is 21.9 Å². The minimum Gasteiger partial charge on any atom is -0.392 e. The van der Waals surface area contributed by atoms with Crippen LogP contribution in [0.25, 0.3) is 21.9 Å². The highest BCUT2D eigenvalue weighted by Gasteiger charge is 2.02. The first-order valence-electron chi connectivity index (χ1n) is 6.06. The smallest absolute Gasteiger partial charge is 0.0681 e. The Kier molecular flexibility index (Phi) is 2.83. The predicted octanol–water partition coefficient (Wildman–Crippen LogP) is 4.00. The molecule has 0 fully saturated rings. The summed E-state index contributed by atoms with van der Waals surface area (Å²) in [5, 5.41) is 11.6. The van der Waals surface area contributed by atoms with Gasteiger partial charge in [-0.1, -0.05) is 66.7 Å². The van der Waals surface area contributed by atoms with E-state index in [2.05, 4.69) is 54.6 Å². The molecule has 3 aromatic rings. The minimum absolute atomic E-state index is 0.0931. The largest absolute Gasteiger partial charge is 0.392 e. The first-order valence-corrected chi connectivity index (χ1v) is 6.06. The second kappa shape index (κ2) is 4.63. The molecule has 0 unspecified atom stereocenters. The van der Waals surface area contributed by atoms with Gasteiger partial charge in [0.2, 0.25) is 0 Å². The monoisotopic (exact) mass is 234 g/mol. The van der Waals surface area contributed by atoms with Crippen molar-refractivity contribution in [3.63, 3.8) is 0 Å². The molecule has 18 heavy (non-hydrogen) atoms. The molecule has 88 valence electrons. The fraction of sp³-hybridized carbons (Fsp3) is 0.0588. The molecule has 0 radical (unpaired) electrons. The van der Waals surface area contributed by atoms with Crippen LogP contribution >= 0.6 is 0 Å². The van der Waals surface area contributed by atoms with E-state index in [1.807, 2.05) is 12.1 Å². The Hall–Kier alpha value is -2.12. The molecule has 0 spiro atoms. The first-order chi connectivity index (χ1) is 8.88. The van der Waals surface area contributed by atoms with Crippen LogP contribution in [0.2, 0.25) is 0 Å². The zero-order valence-electron chi connectivity index (χ0n) is 10.0. The lowest BCUT2D eigenvalue weighted by Crippen LogP contribution is -1.84. The van der Waals surface area contributed by atoms with E-state index < -0.39 is 0 Å². The zero-order valence-corrected chi connectivity index (χ0v) is 10.0. The van der Waals surface area contributed by atoms with Gasteiger partial charge in [-0.25, -0.2) is 0 Å². The second-order valence-corrected chi connectivity index (χ2v) is 4.38. The molecule has 0 atom stereocenters. The molecule has 0 heterocycles. The van der Waals surface area contributed by atoms with Gasteiger partial charge < -0.3 is 5.11 Å². The SMILES string of the molecule is OCc1ccc(-c2cccc3ccccc23)cc1. The van der Waals surface area contributed by atoms with E-state index in [-0.39, 0.29) is 6.61 Å². The van der Waals surface area contributed by atoms with Crippen molar-refractivity contribution in [2.75, 3.05) is 0 Å². The molecule has 3 aromatic carbocycles. The van der Waals surface area contributed by atoms with Gasteiger partial charge in [-0.2, -0.15) is 0 Å². The topological polar surface area (TPSA) is 20.2 Å². The molecule has 1 heteroatoms. The van der Waals surface area contributed by atoms with Crippen molar-refractivity contribution < 1.29 is 5.11 Å². The molecule has 3 rings (SSSR count). The second-order valence-electron chi connectivity index (χ2n) is 4.38. The lowest BCUT2D eigenvalue weighted by Gasteiger charge is -2.07. The third-order valence-corrected chi connectivity index (χ3v) is 3.24. The molecule has 0 bridgehead atoms. The van der Waals surface area contributed by atoms with Gasteiger partial charge in [0.05, 0.1) is 6.61 Å². The van der Waals surface area contributed by atoms with Crippen molar-refractivity contribution in [3.05, 3.63) is 72.3 Å². The summed E-state index contributed by atoms with van der Waals surface area (Å²) in [6.07, 6.45) is 0. The Morgan fingerprint density at radius 3 is 2.22 bits per heavy atom. The quantitative estimate of drug-likeness (QED) is 0.710. The van der Waals surface area contributed by atoms with E-state index in [9.17, 15) is 0 Å². The summed E-state index contributed by atoms with van der Waals surface area (Å²) in [4.78, 5) is 0. The zero-order chi connectivity index (χ0) is 12.4. The van der Waals surface area contributed by atoms with Crippen LogP contribution in [0.5, 0.6) is 0 Å². The van der Waals surface area contributed by atoms with Gasteiger partial charge >= 0.3 is 0 Å². The molecule has 1 nitrogen and oxygen atoms in total. The van der Waals surface area contributed by atoms with Crippen LogP contribution in [0.15, 0.2) is 66.7 Å². The molecule has 1 N–H and O–H groups in total. The highest BCUT2D eigenvalue weighted by atomic mass is 16.3. The van der Waals surface area contributed by atoms with Crippen molar-refractivity contribution in [2.45, 2.75) is 6.61 Å².